The predicted octanol–water partition coefficient (Wildman–Crippen LogP) is 7.31. The van der Waals surface area contributed by atoms with Crippen LogP contribution in [0, 0.1) is 0 Å². The van der Waals surface area contributed by atoms with Gasteiger partial charge in [-0.25, -0.2) is 4.57 Å². The maximum Gasteiger partial charge on any atom is 0.176 e. The Hall–Kier alpha value is -1.57. The number of benzene rings is 1. The van der Waals surface area contributed by atoms with Crippen molar-refractivity contribution in [2.75, 3.05) is 0 Å². The molecule has 2 rings (SSSR count). The SMILES string of the molecule is CCCCCCCCCCCCCCCC[n+]1ccc2c(O)cccc2c1. The highest BCUT2D eigenvalue weighted by atomic mass is 16.3. The van der Waals surface area contributed by atoms with E-state index in [-0.39, 0.29) is 0 Å². The molecule has 0 saturated heterocycles. The van der Waals surface area contributed by atoms with E-state index in [0.29, 0.717) is 5.75 Å². The molecule has 1 aromatic heterocycles. The fraction of sp³-hybridized carbons (Fsp3) is 0.640. The maximum absolute atomic E-state index is 9.86. The zero-order valence-electron chi connectivity index (χ0n) is 17.5. The maximum atomic E-state index is 9.86. The van der Waals surface area contributed by atoms with E-state index in [4.69, 9.17) is 0 Å². The molecule has 0 aliphatic heterocycles. The molecule has 2 nitrogen and oxygen atoms in total. The Kier molecular flexibility index (Phi) is 10.9. The number of nitrogens with zero attached hydrogens (tertiary/aromatic N) is 1. The van der Waals surface area contributed by atoms with Crippen molar-refractivity contribution in [2.24, 2.45) is 0 Å². The second kappa shape index (κ2) is 13.6. The topological polar surface area (TPSA) is 24.1 Å². The normalized spacial score (nSPS) is 11.3. The molecule has 0 fully saturated rings. The van der Waals surface area contributed by atoms with Gasteiger partial charge in [0.25, 0.3) is 0 Å². The minimum absolute atomic E-state index is 0.371. The number of hydrogen-bond donors (Lipinski definition) is 1. The molecule has 2 aromatic rings. The molecule has 27 heavy (non-hydrogen) atoms. The largest absolute Gasteiger partial charge is 0.507 e. The van der Waals surface area contributed by atoms with Crippen molar-refractivity contribution in [2.45, 2.75) is 103 Å². The highest BCUT2D eigenvalue weighted by molar-refractivity contribution is 5.86. The van der Waals surface area contributed by atoms with Gasteiger partial charge in [0.2, 0.25) is 0 Å². The van der Waals surface area contributed by atoms with E-state index in [9.17, 15) is 5.11 Å². The standard InChI is InChI=1S/C25H39NO/c1-2-3-4-5-6-7-8-9-10-11-12-13-14-15-20-26-21-19-24-23(22-26)17-16-18-25(24)27/h16-19,21-22H,2-15,20H2,1H3/p+1. The van der Waals surface area contributed by atoms with Crippen LogP contribution in [0.15, 0.2) is 36.7 Å². The first-order chi connectivity index (χ1) is 13.3. The van der Waals surface area contributed by atoms with Gasteiger partial charge >= 0.3 is 0 Å². The van der Waals surface area contributed by atoms with Crippen molar-refractivity contribution in [3.8, 4) is 5.75 Å². The van der Waals surface area contributed by atoms with Gasteiger partial charge in [0.1, 0.15) is 12.3 Å². The number of pyridine rings is 1. The van der Waals surface area contributed by atoms with Crippen LogP contribution < -0.4 is 4.57 Å². The lowest BCUT2D eigenvalue weighted by Crippen LogP contribution is -2.32. The summed E-state index contributed by atoms with van der Waals surface area (Å²) in [5.74, 6) is 0.371. The summed E-state index contributed by atoms with van der Waals surface area (Å²) in [6.07, 6.45) is 23.9. The number of phenols is 1. The Morgan fingerprint density at radius 1 is 0.704 bits per heavy atom. The highest BCUT2D eigenvalue weighted by Crippen LogP contribution is 2.22. The van der Waals surface area contributed by atoms with Crippen molar-refractivity contribution in [3.05, 3.63) is 36.7 Å². The van der Waals surface area contributed by atoms with Gasteiger partial charge in [-0.15, -0.1) is 0 Å². The van der Waals surface area contributed by atoms with Crippen LogP contribution in [0.3, 0.4) is 0 Å². The lowest BCUT2D eigenvalue weighted by Gasteiger charge is -2.03. The Morgan fingerprint density at radius 3 is 1.85 bits per heavy atom. The first-order valence-electron chi connectivity index (χ1n) is 11.4. The molecule has 2 heteroatoms. The summed E-state index contributed by atoms with van der Waals surface area (Å²) in [4.78, 5) is 0. The molecule has 0 spiro atoms. The minimum Gasteiger partial charge on any atom is -0.507 e. The van der Waals surface area contributed by atoms with Gasteiger partial charge in [-0.3, -0.25) is 0 Å². The summed E-state index contributed by atoms with van der Waals surface area (Å²) in [5, 5.41) is 11.9. The number of rotatable bonds is 15. The van der Waals surface area contributed by atoms with Gasteiger partial charge in [0.05, 0.1) is 0 Å². The van der Waals surface area contributed by atoms with Gasteiger partial charge in [0.15, 0.2) is 12.4 Å². The lowest BCUT2D eigenvalue weighted by molar-refractivity contribution is -0.696. The zero-order chi connectivity index (χ0) is 19.2. The molecule has 0 unspecified atom stereocenters. The van der Waals surface area contributed by atoms with Crippen LogP contribution in [0.4, 0.5) is 0 Å². The summed E-state index contributed by atoms with van der Waals surface area (Å²) in [7, 11) is 0. The van der Waals surface area contributed by atoms with Crippen molar-refractivity contribution in [1.82, 2.24) is 0 Å². The molecule has 0 saturated carbocycles. The van der Waals surface area contributed by atoms with Gasteiger partial charge in [-0.1, -0.05) is 90.0 Å². The number of phenolic OH excluding ortho intramolecular Hbond substituents is 1. The number of fused-ring (bicyclic) bond motifs is 1. The smallest absolute Gasteiger partial charge is 0.176 e. The summed E-state index contributed by atoms with van der Waals surface area (Å²) >= 11 is 0. The van der Waals surface area contributed by atoms with E-state index in [1.54, 1.807) is 6.07 Å². The Balaban J connectivity index is 1.44. The van der Waals surface area contributed by atoms with E-state index >= 15 is 0 Å². The molecule has 0 radical (unpaired) electrons. The van der Waals surface area contributed by atoms with Crippen LogP contribution in [-0.4, -0.2) is 5.11 Å². The molecule has 1 aromatic carbocycles. The van der Waals surface area contributed by atoms with Gasteiger partial charge in [0, 0.05) is 23.3 Å². The molecule has 150 valence electrons. The molecule has 0 atom stereocenters. The molecule has 0 aliphatic carbocycles. The summed E-state index contributed by atoms with van der Waals surface area (Å²) in [6, 6.07) is 7.75. The van der Waals surface area contributed by atoms with Crippen molar-refractivity contribution in [1.29, 1.82) is 0 Å². The molecular weight excluding hydrogens is 330 g/mol. The van der Waals surface area contributed by atoms with E-state index in [2.05, 4.69) is 30.0 Å². The third-order valence-corrected chi connectivity index (χ3v) is 5.62. The number of aromatic hydroxyl groups is 1. The van der Waals surface area contributed by atoms with E-state index in [1.807, 2.05) is 12.1 Å². The summed E-state index contributed by atoms with van der Waals surface area (Å²) in [5.41, 5.74) is 0. The van der Waals surface area contributed by atoms with Gasteiger partial charge in [-0.2, -0.15) is 0 Å². The highest BCUT2D eigenvalue weighted by Gasteiger charge is 2.05. The molecule has 0 amide bonds. The van der Waals surface area contributed by atoms with Crippen LogP contribution in [0.2, 0.25) is 0 Å². The van der Waals surface area contributed by atoms with Crippen LogP contribution in [-0.2, 0) is 6.54 Å². The predicted molar refractivity (Wildman–Crippen MR) is 116 cm³/mol. The van der Waals surface area contributed by atoms with Crippen LogP contribution in [0.1, 0.15) is 96.8 Å². The first-order valence-corrected chi connectivity index (χ1v) is 11.4. The van der Waals surface area contributed by atoms with Crippen LogP contribution in [0.25, 0.3) is 10.8 Å². The van der Waals surface area contributed by atoms with Crippen molar-refractivity contribution < 1.29 is 9.67 Å². The zero-order valence-corrected chi connectivity index (χ0v) is 17.5. The Morgan fingerprint density at radius 2 is 1.26 bits per heavy atom. The molecule has 0 bridgehead atoms. The van der Waals surface area contributed by atoms with Crippen molar-refractivity contribution >= 4 is 10.8 Å². The van der Waals surface area contributed by atoms with E-state index in [0.717, 1.165) is 17.3 Å². The van der Waals surface area contributed by atoms with Gasteiger partial charge in [-0.05, 0) is 18.6 Å². The second-order valence-corrected chi connectivity index (χ2v) is 8.06. The summed E-state index contributed by atoms with van der Waals surface area (Å²) in [6.45, 7) is 3.36. The van der Waals surface area contributed by atoms with Crippen molar-refractivity contribution in [3.63, 3.8) is 0 Å². The molecule has 1 N–H and O–H groups in total. The fourth-order valence-electron chi connectivity index (χ4n) is 3.88. The first kappa shape index (κ1) is 21.7. The van der Waals surface area contributed by atoms with E-state index < -0.39 is 0 Å². The van der Waals surface area contributed by atoms with Crippen LogP contribution >= 0.6 is 0 Å². The minimum atomic E-state index is 0.371. The second-order valence-electron chi connectivity index (χ2n) is 8.06. The Labute approximate surface area is 166 Å². The van der Waals surface area contributed by atoms with Gasteiger partial charge < -0.3 is 5.11 Å². The summed E-state index contributed by atoms with van der Waals surface area (Å²) < 4.78 is 2.25. The van der Waals surface area contributed by atoms with E-state index in [1.165, 1.54) is 89.9 Å². The molecular formula is C25H40NO+. The third kappa shape index (κ3) is 8.77. The number of aromatic nitrogens is 1. The quantitative estimate of drug-likeness (QED) is 0.258. The average molecular weight is 371 g/mol. The lowest BCUT2D eigenvalue weighted by atomic mass is 10.0. The fourth-order valence-corrected chi connectivity index (χ4v) is 3.88. The Bertz CT molecular complexity index is 637. The third-order valence-electron chi connectivity index (χ3n) is 5.62. The molecule has 1 heterocycles. The average Bonchev–Trinajstić information content (AvgIpc) is 2.68. The molecule has 0 aliphatic rings. The number of aryl methyl sites for hydroxylation is 1. The number of unbranched alkanes of at least 4 members (excludes halogenated alkanes) is 13. The van der Waals surface area contributed by atoms with Crippen LogP contribution in [0.5, 0.6) is 5.75 Å². The monoisotopic (exact) mass is 370 g/mol. The number of hydrogen-bond acceptors (Lipinski definition) is 1.